The first-order valence-corrected chi connectivity index (χ1v) is 15.0. The first kappa shape index (κ1) is 29.3. The molecule has 0 bridgehead atoms. The van der Waals surface area contributed by atoms with Crippen molar-refractivity contribution in [3.05, 3.63) is 113 Å². The van der Waals surface area contributed by atoms with E-state index in [2.05, 4.69) is 16.6 Å². The van der Waals surface area contributed by atoms with Crippen LogP contribution in [0.1, 0.15) is 59.0 Å². The molecule has 2 unspecified atom stereocenters. The molecule has 1 aromatic heterocycles. The lowest BCUT2D eigenvalue weighted by atomic mass is 9.97. The summed E-state index contributed by atoms with van der Waals surface area (Å²) in [4.78, 5) is 33.5. The number of Topliss-reactive ketones (excluding diaryl/α,β-unsaturated/α-hetero) is 1. The van der Waals surface area contributed by atoms with Crippen LogP contribution in [-0.4, -0.2) is 38.5 Å². The van der Waals surface area contributed by atoms with Crippen molar-refractivity contribution in [3.63, 3.8) is 0 Å². The van der Waals surface area contributed by atoms with Gasteiger partial charge in [-0.1, -0.05) is 54.5 Å². The van der Waals surface area contributed by atoms with Crippen LogP contribution in [0.5, 0.6) is 0 Å². The molecule has 42 heavy (non-hydrogen) atoms. The lowest BCUT2D eigenvalue weighted by Crippen LogP contribution is -2.20. The molecule has 5 aromatic rings. The number of hydrogen-bond acceptors (Lipinski definition) is 6. The molecule has 0 radical (unpaired) electrons. The Balaban J connectivity index is 1.53. The Kier molecular flexibility index (Phi) is 8.90. The third-order valence-electron chi connectivity index (χ3n) is 7.23. The molecule has 0 saturated carbocycles. The predicted octanol–water partition coefficient (Wildman–Crippen LogP) is 7.82. The highest BCUT2D eigenvalue weighted by atomic mass is 32.2. The fraction of sp³-hybridized carbons (Fsp3) is 0.229. The minimum Gasteiger partial charge on any atom is -0.364 e. The number of thioether (sulfide) groups is 1. The topological polar surface area (TPSA) is 80.9 Å². The zero-order valence-corrected chi connectivity index (χ0v) is 25.0. The zero-order valence-electron chi connectivity index (χ0n) is 24.2. The highest BCUT2D eigenvalue weighted by Gasteiger charge is 2.22. The minimum absolute atomic E-state index is 0.0331. The second-order valence-corrected chi connectivity index (χ2v) is 11.9. The number of rotatable bonds is 11. The molecule has 0 saturated heterocycles. The number of carbonyl (C=O) groups is 2. The van der Waals surface area contributed by atoms with Gasteiger partial charge in [-0.2, -0.15) is 0 Å². The number of aryl methyl sites for hydroxylation is 2. The van der Waals surface area contributed by atoms with Gasteiger partial charge in [-0.25, -0.2) is 0 Å². The largest absolute Gasteiger partial charge is 0.364 e. The van der Waals surface area contributed by atoms with Crippen LogP contribution < -0.4 is 0 Å². The molecule has 0 spiro atoms. The number of aromatic nitrogens is 1. The summed E-state index contributed by atoms with van der Waals surface area (Å²) in [6.07, 6.45) is -0.784. The van der Waals surface area contributed by atoms with Crippen molar-refractivity contribution in [1.82, 2.24) is 4.57 Å². The van der Waals surface area contributed by atoms with Crippen LogP contribution in [0.4, 0.5) is 0 Å². The van der Waals surface area contributed by atoms with E-state index in [9.17, 15) is 14.7 Å². The second kappa shape index (κ2) is 12.8. The molecule has 1 heterocycles. The Morgan fingerprint density at radius 2 is 1.50 bits per heavy atom. The van der Waals surface area contributed by atoms with Crippen LogP contribution in [0.2, 0.25) is 0 Å². The molecule has 0 aliphatic heterocycles. The summed E-state index contributed by atoms with van der Waals surface area (Å²) >= 11 is 1.65. The fourth-order valence-electron chi connectivity index (χ4n) is 5.23. The van der Waals surface area contributed by atoms with Gasteiger partial charge in [0.2, 0.25) is 12.1 Å². The highest BCUT2D eigenvalue weighted by molar-refractivity contribution is 8.00. The highest BCUT2D eigenvalue weighted by Crippen LogP contribution is 2.32. The number of hydrogen-bond donors (Lipinski definition) is 1. The van der Waals surface area contributed by atoms with Gasteiger partial charge in [-0.15, -0.1) is 11.8 Å². The third-order valence-corrected chi connectivity index (χ3v) is 8.35. The summed E-state index contributed by atoms with van der Waals surface area (Å²) in [6, 6.07) is 29.0. The number of oxime groups is 1. The zero-order chi connectivity index (χ0) is 29.8. The molecule has 5 rings (SSSR count). The Labute approximate surface area is 250 Å². The first-order valence-electron chi connectivity index (χ1n) is 14.1. The van der Waals surface area contributed by atoms with E-state index in [1.54, 1.807) is 11.8 Å². The summed E-state index contributed by atoms with van der Waals surface area (Å²) in [5.74, 6) is -0.295. The number of nitrogens with zero attached hydrogens (tertiary/aromatic N) is 2. The van der Waals surface area contributed by atoms with E-state index >= 15 is 0 Å². The quantitative estimate of drug-likeness (QED) is 0.0568. The van der Waals surface area contributed by atoms with Crippen LogP contribution in [0.15, 0.2) is 101 Å². The van der Waals surface area contributed by atoms with E-state index in [-0.39, 0.29) is 22.5 Å². The predicted molar refractivity (Wildman–Crippen MR) is 171 cm³/mol. The minimum atomic E-state index is -1.14. The molecular weight excluding hydrogens is 544 g/mol. The normalized spacial score (nSPS) is 13.3. The second-order valence-electron chi connectivity index (χ2n) is 10.4. The monoisotopic (exact) mass is 578 g/mol. The lowest BCUT2D eigenvalue weighted by molar-refractivity contribution is -0.0838. The average Bonchev–Trinajstić information content (AvgIpc) is 3.31. The SMILES string of the molecule is CCn1c2ccc(C(=O)/C(CC(C)Sc3ccccc3)=N/OC(C)O)cc2c2cc(C(=O)c3ccccc3C)ccc21. The Morgan fingerprint density at radius 3 is 2.14 bits per heavy atom. The smallest absolute Gasteiger partial charge is 0.221 e. The van der Waals surface area contributed by atoms with Gasteiger partial charge < -0.3 is 14.5 Å². The maximum Gasteiger partial charge on any atom is 0.221 e. The molecule has 6 nitrogen and oxygen atoms in total. The van der Waals surface area contributed by atoms with Gasteiger partial charge in [0.25, 0.3) is 0 Å². The van der Waals surface area contributed by atoms with Gasteiger partial charge in [0.1, 0.15) is 5.71 Å². The number of ketones is 2. The summed E-state index contributed by atoms with van der Waals surface area (Å²) in [6.45, 7) is 8.24. The molecular formula is C35H34N2O4S. The number of aliphatic hydroxyl groups is 1. The van der Waals surface area contributed by atoms with Gasteiger partial charge in [-0.05, 0) is 67.9 Å². The summed E-state index contributed by atoms with van der Waals surface area (Å²) in [5.41, 5.74) is 4.89. The molecule has 0 fully saturated rings. The van der Waals surface area contributed by atoms with Crippen LogP contribution in [-0.2, 0) is 11.4 Å². The number of carbonyl (C=O) groups excluding carboxylic acids is 2. The van der Waals surface area contributed by atoms with Crippen molar-refractivity contribution in [3.8, 4) is 0 Å². The van der Waals surface area contributed by atoms with Crippen molar-refractivity contribution in [1.29, 1.82) is 0 Å². The maximum atomic E-state index is 13.8. The standard InChI is InChI=1S/C35H34N2O4S/c1-5-37-32-17-15-25(34(39)28-14-10-9-11-22(28)2)20-29(32)30-21-26(16-18-33(30)37)35(40)31(36-41-24(4)38)19-23(3)42-27-12-7-6-8-13-27/h6-18,20-21,23-24,38H,5,19H2,1-4H3/b36-31+. The van der Waals surface area contributed by atoms with Crippen molar-refractivity contribution >= 4 is 50.8 Å². The van der Waals surface area contributed by atoms with E-state index in [4.69, 9.17) is 4.84 Å². The van der Waals surface area contributed by atoms with E-state index in [1.165, 1.54) is 6.92 Å². The van der Waals surface area contributed by atoms with E-state index in [0.29, 0.717) is 23.1 Å². The van der Waals surface area contributed by atoms with Crippen molar-refractivity contribution in [2.45, 2.75) is 57.1 Å². The van der Waals surface area contributed by atoms with Gasteiger partial charge >= 0.3 is 0 Å². The lowest BCUT2D eigenvalue weighted by Gasteiger charge is -2.13. The number of fused-ring (bicyclic) bond motifs is 3. The molecule has 0 amide bonds. The Bertz CT molecular complexity index is 1790. The maximum absolute atomic E-state index is 13.8. The van der Waals surface area contributed by atoms with Crippen LogP contribution in [0.3, 0.4) is 0 Å². The molecule has 4 aromatic carbocycles. The van der Waals surface area contributed by atoms with Crippen LogP contribution >= 0.6 is 11.8 Å². The van der Waals surface area contributed by atoms with Crippen molar-refractivity contribution < 1.29 is 19.5 Å². The van der Waals surface area contributed by atoms with Crippen LogP contribution in [0, 0.1) is 6.92 Å². The summed E-state index contributed by atoms with van der Waals surface area (Å²) in [7, 11) is 0. The molecule has 0 aliphatic rings. The molecule has 7 heteroatoms. The Morgan fingerprint density at radius 1 is 0.881 bits per heavy atom. The fourth-order valence-corrected chi connectivity index (χ4v) is 6.25. The van der Waals surface area contributed by atoms with E-state index in [1.807, 2.05) is 105 Å². The summed E-state index contributed by atoms with van der Waals surface area (Å²) in [5, 5.41) is 15.6. The summed E-state index contributed by atoms with van der Waals surface area (Å²) < 4.78 is 2.19. The van der Waals surface area contributed by atoms with Crippen molar-refractivity contribution in [2.24, 2.45) is 5.16 Å². The molecule has 0 aliphatic carbocycles. The van der Waals surface area contributed by atoms with Crippen LogP contribution in [0.25, 0.3) is 21.8 Å². The average molecular weight is 579 g/mol. The number of aliphatic hydroxyl groups excluding tert-OH is 1. The Hall–Kier alpha value is -4.20. The van der Waals surface area contributed by atoms with E-state index in [0.717, 1.165) is 38.8 Å². The van der Waals surface area contributed by atoms with Gasteiger partial charge in [0.05, 0.1) is 0 Å². The van der Waals surface area contributed by atoms with Gasteiger partial charge in [-0.3, -0.25) is 9.59 Å². The molecule has 214 valence electrons. The molecule has 1 N–H and O–H groups in total. The van der Waals surface area contributed by atoms with Gasteiger partial charge in [0.15, 0.2) is 5.78 Å². The van der Waals surface area contributed by atoms with Crippen molar-refractivity contribution in [2.75, 3.05) is 0 Å². The number of benzene rings is 4. The van der Waals surface area contributed by atoms with Gasteiger partial charge in [0, 0.05) is 68.5 Å². The first-order chi connectivity index (χ1) is 20.3. The molecule has 2 atom stereocenters. The van der Waals surface area contributed by atoms with E-state index < -0.39 is 6.29 Å². The third kappa shape index (κ3) is 6.17.